The van der Waals surface area contributed by atoms with Gasteiger partial charge >= 0.3 is 0 Å². The molecule has 1 aliphatic rings. The average Bonchev–Trinajstić information content (AvgIpc) is 2.51. The number of halogens is 3. The molecule has 4 nitrogen and oxygen atoms in total. The van der Waals surface area contributed by atoms with Gasteiger partial charge in [0.2, 0.25) is 5.95 Å². The zero-order valence-electron chi connectivity index (χ0n) is 11.8. The van der Waals surface area contributed by atoms with E-state index in [1.165, 1.54) is 12.3 Å². The molecule has 0 radical (unpaired) electrons. The summed E-state index contributed by atoms with van der Waals surface area (Å²) in [5.74, 6) is -1.80. The lowest BCUT2D eigenvalue weighted by atomic mass is 10.2. The van der Waals surface area contributed by atoms with Crippen LogP contribution in [0.15, 0.2) is 30.6 Å². The third kappa shape index (κ3) is 3.36. The maximum Gasteiger partial charge on any atom is 0.214 e. The van der Waals surface area contributed by atoms with Crippen molar-refractivity contribution in [3.63, 3.8) is 0 Å². The van der Waals surface area contributed by atoms with Crippen LogP contribution < -0.4 is 4.90 Å². The maximum atomic E-state index is 13.6. The molecule has 0 amide bonds. The molecule has 1 saturated heterocycles. The molecular weight excluding hydrogens is 293 g/mol. The number of rotatable bonds is 3. The fourth-order valence-electron chi connectivity index (χ4n) is 2.52. The van der Waals surface area contributed by atoms with E-state index in [0.29, 0.717) is 32.7 Å². The van der Waals surface area contributed by atoms with Crippen molar-refractivity contribution in [2.75, 3.05) is 31.1 Å². The minimum atomic E-state index is -0.675. The summed E-state index contributed by atoms with van der Waals surface area (Å²) in [5.41, 5.74) is 1.03. The van der Waals surface area contributed by atoms with Crippen LogP contribution in [0, 0.1) is 17.6 Å². The topological polar surface area (TPSA) is 32.3 Å². The van der Waals surface area contributed by atoms with Gasteiger partial charge in [0.15, 0.2) is 0 Å². The van der Waals surface area contributed by atoms with Crippen molar-refractivity contribution in [1.29, 1.82) is 0 Å². The molecule has 3 rings (SSSR count). The third-order valence-corrected chi connectivity index (χ3v) is 3.70. The number of piperazine rings is 1. The van der Waals surface area contributed by atoms with Gasteiger partial charge in [-0.25, -0.2) is 13.8 Å². The van der Waals surface area contributed by atoms with Gasteiger partial charge < -0.3 is 4.90 Å². The van der Waals surface area contributed by atoms with Crippen LogP contribution in [0.25, 0.3) is 0 Å². The van der Waals surface area contributed by atoms with Gasteiger partial charge in [-0.1, -0.05) is 0 Å². The minimum absolute atomic E-state index is 0.241. The monoisotopic (exact) mass is 308 g/mol. The van der Waals surface area contributed by atoms with Crippen molar-refractivity contribution in [2.45, 2.75) is 6.54 Å². The molecule has 0 spiro atoms. The highest BCUT2D eigenvalue weighted by Gasteiger charge is 2.19. The summed E-state index contributed by atoms with van der Waals surface area (Å²) < 4.78 is 39.6. The molecule has 22 heavy (non-hydrogen) atoms. The second kappa shape index (κ2) is 6.31. The van der Waals surface area contributed by atoms with Gasteiger partial charge in [-0.05, 0) is 6.07 Å². The Morgan fingerprint density at radius 3 is 2.45 bits per heavy atom. The first kappa shape index (κ1) is 14.8. The number of aromatic nitrogens is 2. The van der Waals surface area contributed by atoms with E-state index < -0.39 is 17.6 Å². The van der Waals surface area contributed by atoms with E-state index in [0.717, 1.165) is 18.0 Å². The molecule has 0 aromatic carbocycles. The summed E-state index contributed by atoms with van der Waals surface area (Å²) in [4.78, 5) is 11.4. The van der Waals surface area contributed by atoms with Gasteiger partial charge in [-0.2, -0.15) is 4.39 Å². The van der Waals surface area contributed by atoms with Crippen LogP contribution >= 0.6 is 0 Å². The molecule has 116 valence electrons. The first-order valence-corrected chi connectivity index (χ1v) is 7.00. The Kier molecular flexibility index (Phi) is 4.24. The maximum absolute atomic E-state index is 13.6. The SMILES string of the molecule is Fc1cnc(CN2CCN(c3ccnc(F)c3)CC2)c(F)c1. The van der Waals surface area contributed by atoms with E-state index in [1.54, 1.807) is 6.07 Å². The van der Waals surface area contributed by atoms with Crippen LogP contribution in [0.3, 0.4) is 0 Å². The minimum Gasteiger partial charge on any atom is -0.369 e. The molecule has 0 atom stereocenters. The molecule has 2 aromatic heterocycles. The van der Waals surface area contributed by atoms with Gasteiger partial charge in [0, 0.05) is 56.7 Å². The Labute approximate surface area is 126 Å². The van der Waals surface area contributed by atoms with Crippen molar-refractivity contribution in [2.24, 2.45) is 0 Å². The average molecular weight is 308 g/mol. The van der Waals surface area contributed by atoms with Crippen molar-refractivity contribution in [3.05, 3.63) is 53.9 Å². The predicted molar refractivity (Wildman–Crippen MR) is 75.8 cm³/mol. The molecule has 0 saturated carbocycles. The molecule has 1 fully saturated rings. The molecular formula is C15H15F3N4. The summed E-state index contributed by atoms with van der Waals surface area (Å²) in [7, 11) is 0. The molecule has 1 aliphatic heterocycles. The first-order valence-electron chi connectivity index (χ1n) is 7.00. The lowest BCUT2D eigenvalue weighted by Gasteiger charge is -2.35. The van der Waals surface area contributed by atoms with Crippen LogP contribution in [0.4, 0.5) is 18.9 Å². The second-order valence-electron chi connectivity index (χ2n) is 5.18. The third-order valence-electron chi connectivity index (χ3n) is 3.70. The molecule has 2 aromatic rings. The number of hydrogen-bond acceptors (Lipinski definition) is 4. The van der Waals surface area contributed by atoms with Gasteiger partial charge in [0.25, 0.3) is 0 Å². The lowest BCUT2D eigenvalue weighted by molar-refractivity contribution is 0.243. The van der Waals surface area contributed by atoms with Crippen molar-refractivity contribution >= 4 is 5.69 Å². The van der Waals surface area contributed by atoms with E-state index in [1.807, 2.05) is 4.90 Å². The van der Waals surface area contributed by atoms with Gasteiger partial charge in [0.05, 0.1) is 11.9 Å². The number of pyridine rings is 2. The first-order chi connectivity index (χ1) is 10.6. The largest absolute Gasteiger partial charge is 0.369 e. The fourth-order valence-corrected chi connectivity index (χ4v) is 2.52. The van der Waals surface area contributed by atoms with E-state index in [9.17, 15) is 13.2 Å². The van der Waals surface area contributed by atoms with E-state index in [2.05, 4.69) is 14.9 Å². The number of anilines is 1. The summed E-state index contributed by atoms with van der Waals surface area (Å²) >= 11 is 0. The highest BCUT2D eigenvalue weighted by Crippen LogP contribution is 2.17. The van der Waals surface area contributed by atoms with Crippen LogP contribution in [-0.4, -0.2) is 41.0 Å². The quantitative estimate of drug-likeness (QED) is 0.814. The summed E-state index contributed by atoms with van der Waals surface area (Å²) in [6.07, 6.45) is 2.46. The Morgan fingerprint density at radius 1 is 1.00 bits per heavy atom. The molecule has 0 bridgehead atoms. The van der Waals surface area contributed by atoms with Crippen molar-refractivity contribution in [1.82, 2.24) is 14.9 Å². The van der Waals surface area contributed by atoms with Gasteiger partial charge in [0.1, 0.15) is 11.6 Å². The van der Waals surface area contributed by atoms with Crippen molar-refractivity contribution in [3.8, 4) is 0 Å². The van der Waals surface area contributed by atoms with E-state index in [4.69, 9.17) is 0 Å². The summed E-state index contributed by atoms with van der Waals surface area (Å²) in [5, 5.41) is 0. The lowest BCUT2D eigenvalue weighted by Crippen LogP contribution is -2.46. The zero-order chi connectivity index (χ0) is 15.5. The summed E-state index contributed by atoms with van der Waals surface area (Å²) in [6, 6.07) is 4.01. The van der Waals surface area contributed by atoms with Crippen LogP contribution in [0.2, 0.25) is 0 Å². The Morgan fingerprint density at radius 2 is 1.77 bits per heavy atom. The van der Waals surface area contributed by atoms with E-state index in [-0.39, 0.29) is 5.69 Å². The normalized spacial score (nSPS) is 16.0. The van der Waals surface area contributed by atoms with E-state index >= 15 is 0 Å². The smallest absolute Gasteiger partial charge is 0.214 e. The number of nitrogens with zero attached hydrogens (tertiary/aromatic N) is 4. The Balaban J connectivity index is 1.60. The molecule has 0 unspecified atom stereocenters. The highest BCUT2D eigenvalue weighted by atomic mass is 19.1. The van der Waals surface area contributed by atoms with Crippen LogP contribution in [0.5, 0.6) is 0 Å². The predicted octanol–water partition coefficient (Wildman–Crippen LogP) is 2.22. The molecule has 0 N–H and O–H groups in total. The van der Waals surface area contributed by atoms with Crippen LogP contribution in [0.1, 0.15) is 5.69 Å². The highest BCUT2D eigenvalue weighted by molar-refractivity contribution is 5.45. The van der Waals surface area contributed by atoms with Crippen LogP contribution in [-0.2, 0) is 6.54 Å². The standard InChI is InChI=1S/C15H15F3N4/c16-11-7-13(17)14(20-9-11)10-21-3-5-22(6-4-21)12-1-2-19-15(18)8-12/h1-2,7-9H,3-6,10H2. The second-order valence-corrected chi connectivity index (χ2v) is 5.18. The number of hydrogen-bond donors (Lipinski definition) is 0. The Hall–Kier alpha value is -2.15. The Bertz CT molecular complexity index is 657. The van der Waals surface area contributed by atoms with Gasteiger partial charge in [-0.3, -0.25) is 9.88 Å². The zero-order valence-corrected chi connectivity index (χ0v) is 11.8. The molecule has 0 aliphatic carbocycles. The molecule has 7 heteroatoms. The summed E-state index contributed by atoms with van der Waals surface area (Å²) in [6.45, 7) is 3.13. The van der Waals surface area contributed by atoms with Crippen molar-refractivity contribution < 1.29 is 13.2 Å². The fraction of sp³-hybridized carbons (Fsp3) is 0.333. The van der Waals surface area contributed by atoms with Gasteiger partial charge in [-0.15, -0.1) is 0 Å². The molecule has 3 heterocycles.